The summed E-state index contributed by atoms with van der Waals surface area (Å²) in [5.74, 6) is 1.35. The van der Waals surface area contributed by atoms with E-state index in [0.717, 1.165) is 49.7 Å². The molecule has 2 heterocycles. The molecule has 1 atom stereocenters. The Balaban J connectivity index is 0.00000622. The average Bonchev–Trinajstić information content (AvgIpc) is 3.58. The van der Waals surface area contributed by atoms with Crippen molar-refractivity contribution in [3.63, 3.8) is 0 Å². The highest BCUT2D eigenvalue weighted by atomic mass is 79.9. The molecule has 5 aromatic carbocycles. The van der Waals surface area contributed by atoms with E-state index in [4.69, 9.17) is 18.6 Å². The summed E-state index contributed by atoms with van der Waals surface area (Å²) in [6.45, 7) is 11.7. The summed E-state index contributed by atoms with van der Waals surface area (Å²) in [5, 5.41) is 5.55. The van der Waals surface area contributed by atoms with Crippen molar-refractivity contribution in [1.29, 1.82) is 0 Å². The van der Waals surface area contributed by atoms with Gasteiger partial charge in [0.05, 0.1) is 49.6 Å². The van der Waals surface area contributed by atoms with E-state index in [1.165, 1.54) is 10.6 Å². The van der Waals surface area contributed by atoms with Crippen molar-refractivity contribution in [2.45, 2.75) is 62.0 Å². The van der Waals surface area contributed by atoms with E-state index in [1.807, 2.05) is 89.6 Å². The van der Waals surface area contributed by atoms with E-state index < -0.39 is 20.0 Å². The molecule has 1 amide bonds. The third-order valence-electron chi connectivity index (χ3n) is 11.8. The van der Waals surface area contributed by atoms with Crippen LogP contribution in [0.3, 0.4) is 0 Å². The van der Waals surface area contributed by atoms with Crippen LogP contribution in [0.15, 0.2) is 150 Å². The number of fused-ring (bicyclic) bond motifs is 2. The fraction of sp³-hybridized carbons (Fsp3) is 0.280. The molecule has 61 heavy (non-hydrogen) atoms. The Hall–Kier alpha value is -4.91. The number of pyridine rings is 1. The minimum absolute atomic E-state index is 0. The molecule has 8 nitrogen and oxygen atoms in total. The molecule has 6 aromatic rings. The van der Waals surface area contributed by atoms with E-state index in [0.29, 0.717) is 6.61 Å². The summed E-state index contributed by atoms with van der Waals surface area (Å²) in [4.78, 5) is 17.8. The fourth-order valence-electron chi connectivity index (χ4n) is 7.34. The number of amides is 1. The van der Waals surface area contributed by atoms with Gasteiger partial charge < -0.3 is 45.8 Å². The van der Waals surface area contributed by atoms with Crippen LogP contribution in [0.4, 0.5) is 5.69 Å². The summed E-state index contributed by atoms with van der Waals surface area (Å²) in [7, 11) is 3.21. The number of aromatic nitrogens is 1. The van der Waals surface area contributed by atoms with Gasteiger partial charge in [0.15, 0.2) is 14.5 Å². The fourth-order valence-corrected chi connectivity index (χ4v) is 9.49. The number of carbonyl (C=O) groups is 1. The number of hydrogen-bond donors (Lipinski definition) is 1. The number of rotatable bonds is 15. The lowest BCUT2D eigenvalue weighted by molar-refractivity contribution is -0.658. The van der Waals surface area contributed by atoms with Crippen molar-refractivity contribution in [2.24, 2.45) is 0 Å². The number of benzene rings is 5. The summed E-state index contributed by atoms with van der Waals surface area (Å²) in [6.07, 6.45) is 4.24. The second-order valence-corrected chi connectivity index (χ2v) is 22.6. The second kappa shape index (κ2) is 19.4. The first-order chi connectivity index (χ1) is 28.8. The molecule has 318 valence electrons. The zero-order valence-electron chi connectivity index (χ0n) is 36.3. The number of nitrogens with zero attached hydrogens (tertiary/aromatic N) is 2. The van der Waals surface area contributed by atoms with Crippen LogP contribution < -0.4 is 41.2 Å². The molecule has 7 rings (SSSR count). The molecule has 1 aliphatic rings. The lowest BCUT2D eigenvalue weighted by atomic mass is 9.80. The van der Waals surface area contributed by atoms with Gasteiger partial charge >= 0.3 is 0 Å². The Bertz CT molecular complexity index is 2410. The zero-order chi connectivity index (χ0) is 42.5. The van der Waals surface area contributed by atoms with E-state index >= 15 is 0 Å². The molecule has 1 N–H and O–H groups in total. The van der Waals surface area contributed by atoms with E-state index in [1.54, 1.807) is 26.0 Å². The first-order valence-corrected chi connectivity index (χ1v) is 24.1. The summed E-state index contributed by atoms with van der Waals surface area (Å²) < 4.78 is 27.3. The topological polar surface area (TPSA) is 73.1 Å². The average molecular weight is 919 g/mol. The Morgan fingerprint density at radius 2 is 1.34 bits per heavy atom. The lowest BCUT2D eigenvalue weighted by Crippen LogP contribution is -3.00. The molecule has 0 aliphatic carbocycles. The molecule has 0 radical (unpaired) electrons. The monoisotopic (exact) mass is 917 g/mol. The molecule has 1 aliphatic heterocycles. The smallest absolute Gasteiger partial charge is 0.286 e. The molecule has 0 saturated carbocycles. The maximum atomic E-state index is 14.3. The summed E-state index contributed by atoms with van der Waals surface area (Å²) >= 11 is 1.77. The highest BCUT2D eigenvalue weighted by molar-refractivity contribution is 8.03. The van der Waals surface area contributed by atoms with Gasteiger partial charge in [-0.1, -0.05) is 111 Å². The molecule has 11 heteroatoms. The molecular formula is C50H56BrN3O5SSi. The van der Waals surface area contributed by atoms with Gasteiger partial charge in [0, 0.05) is 24.1 Å². The molecule has 0 spiro atoms. The van der Waals surface area contributed by atoms with Gasteiger partial charge in [0.1, 0.15) is 17.1 Å². The third-order valence-corrected chi connectivity index (χ3v) is 17.5. The summed E-state index contributed by atoms with van der Waals surface area (Å²) in [6, 6.07) is 44.5. The van der Waals surface area contributed by atoms with Crippen molar-refractivity contribution in [3.05, 3.63) is 167 Å². The van der Waals surface area contributed by atoms with E-state index in [9.17, 15) is 4.79 Å². The second-order valence-electron chi connectivity index (χ2n) is 16.7. The quantitative estimate of drug-likeness (QED) is 0.0664. The van der Waals surface area contributed by atoms with Crippen LogP contribution in [-0.4, -0.2) is 54.7 Å². The molecule has 0 unspecified atom stereocenters. The Kier molecular flexibility index (Phi) is 14.5. The zero-order valence-corrected chi connectivity index (χ0v) is 39.7. The third kappa shape index (κ3) is 9.92. The maximum Gasteiger partial charge on any atom is 0.286 e. The van der Waals surface area contributed by atoms with Crippen LogP contribution in [-0.2, 0) is 26.1 Å². The van der Waals surface area contributed by atoms with Gasteiger partial charge in [-0.3, -0.25) is 4.79 Å². The van der Waals surface area contributed by atoms with Crippen molar-refractivity contribution in [3.8, 4) is 11.5 Å². The molecule has 0 saturated heterocycles. The first-order valence-electron chi connectivity index (χ1n) is 20.4. The van der Waals surface area contributed by atoms with Crippen LogP contribution >= 0.6 is 11.8 Å². The van der Waals surface area contributed by atoms with Crippen LogP contribution in [0.2, 0.25) is 18.1 Å². The Labute approximate surface area is 376 Å². The minimum Gasteiger partial charge on any atom is -1.00 e. The van der Waals surface area contributed by atoms with Crippen molar-refractivity contribution < 1.29 is 45.0 Å². The van der Waals surface area contributed by atoms with Gasteiger partial charge in [-0.2, -0.15) is 4.57 Å². The maximum absolute atomic E-state index is 14.3. The van der Waals surface area contributed by atoms with Crippen LogP contribution in [0.1, 0.15) is 43.0 Å². The summed E-state index contributed by atoms with van der Waals surface area (Å²) in [5.41, 5.74) is 4.98. The normalized spacial score (nSPS) is 14.0. The molecular weight excluding hydrogens is 863 g/mol. The van der Waals surface area contributed by atoms with Crippen LogP contribution in [0.5, 0.6) is 11.5 Å². The minimum atomic E-state index is -2.21. The Morgan fingerprint density at radius 3 is 1.95 bits per heavy atom. The van der Waals surface area contributed by atoms with E-state index in [-0.39, 0.29) is 41.1 Å². The number of anilines is 1. The number of ether oxygens (including phenoxy) is 3. The Morgan fingerprint density at radius 1 is 0.770 bits per heavy atom. The van der Waals surface area contributed by atoms with Crippen molar-refractivity contribution in [2.75, 3.05) is 39.4 Å². The number of methoxy groups -OCH3 is 2. The number of nitrogens with one attached hydrogen (secondary N) is 1. The highest BCUT2D eigenvalue weighted by Crippen LogP contribution is 2.46. The van der Waals surface area contributed by atoms with Crippen LogP contribution in [0.25, 0.3) is 17.0 Å². The number of thioether (sulfide) groups is 1. The highest BCUT2D eigenvalue weighted by Gasteiger charge is 2.41. The van der Waals surface area contributed by atoms with Gasteiger partial charge in [0.2, 0.25) is 12.1 Å². The number of hydrogen-bond acceptors (Lipinski definition) is 7. The number of para-hydroxylation sites is 2. The van der Waals surface area contributed by atoms with Gasteiger partial charge in [0.25, 0.3) is 5.91 Å². The van der Waals surface area contributed by atoms with Crippen molar-refractivity contribution in [1.82, 2.24) is 5.32 Å². The van der Waals surface area contributed by atoms with Gasteiger partial charge in [-0.25, -0.2) is 0 Å². The van der Waals surface area contributed by atoms with Gasteiger partial charge in [-0.05, 0) is 88.9 Å². The molecule has 1 aromatic heterocycles. The molecule has 0 bridgehead atoms. The van der Waals surface area contributed by atoms with Crippen molar-refractivity contribution >= 4 is 48.7 Å². The van der Waals surface area contributed by atoms with Gasteiger partial charge in [-0.15, -0.1) is 0 Å². The molecule has 0 fully saturated rings. The van der Waals surface area contributed by atoms with Crippen LogP contribution in [0, 0.1) is 0 Å². The predicted molar refractivity (Wildman–Crippen MR) is 246 cm³/mol. The number of carbonyl (C=O) groups excluding carboxylic acids is 1. The standard InChI is InChI=1S/C50H55N3O5SSi.BrH/c1-49(2,3)60(7,8)58-35-40(34-57-50(37-16-10-9-11-17-37,38-22-26-41(55-5)27-23-38)39-24-28-42(56-6)29-25-39)51-47(54)33-53-31-30-36(43-18-12-13-19-44(43)53)32-48-52(4)45-20-14-15-21-46(45)59-48;/h9-32,40H,33-35H2,1-8H3;1H/t40-;/m1./s1. The largest absolute Gasteiger partial charge is 1.00 e. The first kappa shape index (κ1) is 45.6. The SMILES string of the molecule is COc1ccc(C(OC[C@H](CO[Si](C)(C)C(C)(C)C)NC(=O)C[n+]2ccc(/C=C3\Sc4ccccc4N3C)c3ccccc32)(c2ccccc2)c2ccc(OC)cc2)cc1.[Br-]. The predicted octanol–water partition coefficient (Wildman–Crippen LogP) is 7.20. The van der Waals surface area contributed by atoms with E-state index in [2.05, 4.69) is 112 Å². The lowest BCUT2D eigenvalue weighted by Gasteiger charge is -2.39. The number of halogens is 1.